The van der Waals surface area contributed by atoms with Crippen LogP contribution >= 0.6 is 0 Å². The molecule has 4 nitrogen and oxygen atoms in total. The van der Waals surface area contributed by atoms with E-state index in [1.54, 1.807) is 0 Å². The lowest BCUT2D eigenvalue weighted by Crippen LogP contribution is -2.28. The number of para-hydroxylation sites is 1. The summed E-state index contributed by atoms with van der Waals surface area (Å²) in [6.45, 7) is 2.19. The predicted molar refractivity (Wildman–Crippen MR) is 54.8 cm³/mol. The van der Waals surface area contributed by atoms with E-state index >= 15 is 0 Å². The SMILES string of the molecule is CONC(=O)CNc1ccccc1C. The molecule has 2 N–H and O–H groups in total. The van der Waals surface area contributed by atoms with Crippen molar-refractivity contribution in [2.45, 2.75) is 6.92 Å². The van der Waals surface area contributed by atoms with Gasteiger partial charge in [-0.1, -0.05) is 18.2 Å². The van der Waals surface area contributed by atoms with Crippen LogP contribution in [-0.2, 0) is 9.63 Å². The quantitative estimate of drug-likeness (QED) is 0.705. The van der Waals surface area contributed by atoms with E-state index in [2.05, 4.69) is 15.6 Å². The highest BCUT2D eigenvalue weighted by atomic mass is 16.6. The molecule has 0 bridgehead atoms. The molecule has 1 rings (SSSR count). The van der Waals surface area contributed by atoms with Crippen molar-refractivity contribution in [1.29, 1.82) is 0 Å². The van der Waals surface area contributed by atoms with Crippen LogP contribution in [0.5, 0.6) is 0 Å². The fourth-order valence-electron chi connectivity index (χ4n) is 1.10. The number of amides is 1. The summed E-state index contributed by atoms with van der Waals surface area (Å²) in [5.74, 6) is -0.198. The van der Waals surface area contributed by atoms with E-state index in [4.69, 9.17) is 0 Å². The molecule has 0 radical (unpaired) electrons. The lowest BCUT2D eigenvalue weighted by molar-refractivity contribution is -0.129. The first kappa shape index (κ1) is 10.5. The molecular formula is C10H14N2O2. The van der Waals surface area contributed by atoms with Gasteiger partial charge in [-0.2, -0.15) is 0 Å². The summed E-state index contributed by atoms with van der Waals surface area (Å²) in [6, 6.07) is 7.78. The van der Waals surface area contributed by atoms with E-state index in [0.717, 1.165) is 11.3 Å². The van der Waals surface area contributed by atoms with E-state index in [-0.39, 0.29) is 12.5 Å². The number of carbonyl (C=O) groups is 1. The third kappa shape index (κ3) is 3.06. The number of aryl methyl sites for hydroxylation is 1. The van der Waals surface area contributed by atoms with Crippen molar-refractivity contribution in [3.63, 3.8) is 0 Å². The predicted octanol–water partition coefficient (Wildman–Crippen LogP) is 1.08. The average Bonchev–Trinajstić information content (AvgIpc) is 2.17. The Morgan fingerprint density at radius 2 is 2.14 bits per heavy atom. The Hall–Kier alpha value is -1.55. The molecule has 1 aromatic carbocycles. The molecule has 4 heteroatoms. The number of rotatable bonds is 4. The van der Waals surface area contributed by atoms with Gasteiger partial charge < -0.3 is 5.32 Å². The van der Waals surface area contributed by atoms with Crippen LogP contribution in [0.25, 0.3) is 0 Å². The van der Waals surface area contributed by atoms with Gasteiger partial charge in [-0.15, -0.1) is 0 Å². The van der Waals surface area contributed by atoms with Gasteiger partial charge in [-0.05, 0) is 18.6 Å². The number of hydroxylamine groups is 1. The maximum atomic E-state index is 11.0. The highest BCUT2D eigenvalue weighted by Crippen LogP contribution is 2.12. The third-order valence-electron chi connectivity index (χ3n) is 1.80. The van der Waals surface area contributed by atoms with Crippen LogP contribution in [-0.4, -0.2) is 19.6 Å². The van der Waals surface area contributed by atoms with Gasteiger partial charge >= 0.3 is 0 Å². The zero-order valence-electron chi connectivity index (χ0n) is 8.33. The molecule has 1 amide bonds. The number of carbonyl (C=O) groups excluding carboxylic acids is 1. The first-order chi connectivity index (χ1) is 6.74. The molecule has 14 heavy (non-hydrogen) atoms. The molecule has 0 aliphatic rings. The Morgan fingerprint density at radius 3 is 2.79 bits per heavy atom. The van der Waals surface area contributed by atoms with Gasteiger partial charge in [0.25, 0.3) is 5.91 Å². The second-order valence-corrected chi connectivity index (χ2v) is 2.90. The summed E-state index contributed by atoms with van der Waals surface area (Å²) in [5, 5.41) is 3.01. The van der Waals surface area contributed by atoms with E-state index in [0.29, 0.717) is 0 Å². The van der Waals surface area contributed by atoms with E-state index in [1.165, 1.54) is 7.11 Å². The molecular weight excluding hydrogens is 180 g/mol. The second kappa shape index (κ2) is 5.24. The van der Waals surface area contributed by atoms with E-state index in [1.807, 2.05) is 31.2 Å². The van der Waals surface area contributed by atoms with Gasteiger partial charge in [-0.3, -0.25) is 9.63 Å². The lowest BCUT2D eigenvalue weighted by Gasteiger charge is -2.08. The molecule has 0 fully saturated rings. The Labute approximate surface area is 83.2 Å². The first-order valence-electron chi connectivity index (χ1n) is 4.35. The third-order valence-corrected chi connectivity index (χ3v) is 1.80. The van der Waals surface area contributed by atoms with Gasteiger partial charge in [0.15, 0.2) is 0 Å². The molecule has 0 aliphatic heterocycles. The van der Waals surface area contributed by atoms with Gasteiger partial charge in [0.1, 0.15) is 0 Å². The number of hydrogen-bond acceptors (Lipinski definition) is 3. The second-order valence-electron chi connectivity index (χ2n) is 2.90. The van der Waals surface area contributed by atoms with Crippen molar-refractivity contribution in [1.82, 2.24) is 5.48 Å². The van der Waals surface area contributed by atoms with Crippen molar-refractivity contribution in [3.8, 4) is 0 Å². The van der Waals surface area contributed by atoms with Crippen LogP contribution in [0.1, 0.15) is 5.56 Å². The van der Waals surface area contributed by atoms with Crippen molar-refractivity contribution < 1.29 is 9.63 Å². The first-order valence-corrected chi connectivity index (χ1v) is 4.35. The molecule has 1 aromatic rings. The molecule has 0 atom stereocenters. The Morgan fingerprint density at radius 1 is 1.43 bits per heavy atom. The lowest BCUT2D eigenvalue weighted by atomic mass is 10.2. The van der Waals surface area contributed by atoms with Crippen molar-refractivity contribution in [3.05, 3.63) is 29.8 Å². The fraction of sp³-hybridized carbons (Fsp3) is 0.300. The molecule has 0 unspecified atom stereocenters. The number of hydrogen-bond donors (Lipinski definition) is 2. The minimum atomic E-state index is -0.198. The topological polar surface area (TPSA) is 50.4 Å². The van der Waals surface area contributed by atoms with Crippen molar-refractivity contribution in [2.24, 2.45) is 0 Å². The Kier molecular flexibility index (Phi) is 3.94. The minimum absolute atomic E-state index is 0.198. The molecule has 0 saturated carbocycles. The van der Waals surface area contributed by atoms with Gasteiger partial charge in [-0.25, -0.2) is 5.48 Å². The van der Waals surface area contributed by atoms with Crippen LogP contribution in [0.4, 0.5) is 5.69 Å². The number of benzene rings is 1. The number of nitrogens with one attached hydrogen (secondary N) is 2. The highest BCUT2D eigenvalue weighted by molar-refractivity contribution is 5.79. The molecule has 0 aromatic heterocycles. The van der Waals surface area contributed by atoms with E-state index < -0.39 is 0 Å². The van der Waals surface area contributed by atoms with Crippen LogP contribution < -0.4 is 10.8 Å². The highest BCUT2D eigenvalue weighted by Gasteiger charge is 2.00. The van der Waals surface area contributed by atoms with Gasteiger partial charge in [0.2, 0.25) is 0 Å². The van der Waals surface area contributed by atoms with Crippen LogP contribution in [0.2, 0.25) is 0 Å². The van der Waals surface area contributed by atoms with Crippen LogP contribution in [0.15, 0.2) is 24.3 Å². The summed E-state index contributed by atoms with van der Waals surface area (Å²) in [5.41, 5.74) is 4.30. The largest absolute Gasteiger partial charge is 0.376 e. The standard InChI is InChI=1S/C10H14N2O2/c1-8-5-3-4-6-9(8)11-7-10(13)12-14-2/h3-6,11H,7H2,1-2H3,(H,12,13). The normalized spacial score (nSPS) is 9.57. The number of anilines is 1. The zero-order chi connectivity index (χ0) is 10.4. The fourth-order valence-corrected chi connectivity index (χ4v) is 1.10. The smallest absolute Gasteiger partial charge is 0.262 e. The van der Waals surface area contributed by atoms with Gasteiger partial charge in [0, 0.05) is 5.69 Å². The van der Waals surface area contributed by atoms with Crippen LogP contribution in [0.3, 0.4) is 0 Å². The molecule has 0 heterocycles. The summed E-state index contributed by atoms with van der Waals surface area (Å²) in [6.07, 6.45) is 0. The minimum Gasteiger partial charge on any atom is -0.376 e. The Bertz CT molecular complexity index is 313. The zero-order valence-corrected chi connectivity index (χ0v) is 8.33. The summed E-state index contributed by atoms with van der Waals surface area (Å²) >= 11 is 0. The van der Waals surface area contributed by atoms with Crippen molar-refractivity contribution in [2.75, 3.05) is 19.0 Å². The van der Waals surface area contributed by atoms with Gasteiger partial charge in [0.05, 0.1) is 13.7 Å². The summed E-state index contributed by atoms with van der Waals surface area (Å²) < 4.78 is 0. The monoisotopic (exact) mass is 194 g/mol. The maximum Gasteiger partial charge on any atom is 0.262 e. The van der Waals surface area contributed by atoms with Crippen LogP contribution in [0, 0.1) is 6.92 Å². The Balaban J connectivity index is 2.46. The molecule has 0 aliphatic carbocycles. The molecule has 0 spiro atoms. The summed E-state index contributed by atoms with van der Waals surface area (Å²) in [4.78, 5) is 15.5. The maximum absolute atomic E-state index is 11.0. The average molecular weight is 194 g/mol. The molecule has 0 saturated heterocycles. The van der Waals surface area contributed by atoms with Crippen molar-refractivity contribution >= 4 is 11.6 Å². The summed E-state index contributed by atoms with van der Waals surface area (Å²) in [7, 11) is 1.41. The van der Waals surface area contributed by atoms with E-state index in [9.17, 15) is 4.79 Å². The molecule has 76 valence electrons.